The van der Waals surface area contributed by atoms with E-state index in [0.29, 0.717) is 45.8 Å². The van der Waals surface area contributed by atoms with E-state index in [1.54, 1.807) is 31.4 Å². The number of pyridine rings is 1. The second kappa shape index (κ2) is 10.9. The molecule has 7 heteroatoms. The minimum absolute atomic E-state index is 0.0376. The van der Waals surface area contributed by atoms with Crippen LogP contribution >= 0.6 is 0 Å². The van der Waals surface area contributed by atoms with Gasteiger partial charge in [0.05, 0.1) is 24.9 Å². The third-order valence-electron chi connectivity index (χ3n) is 5.50. The van der Waals surface area contributed by atoms with Crippen LogP contribution in [0.4, 0.5) is 0 Å². The Balaban J connectivity index is 1.77. The van der Waals surface area contributed by atoms with Crippen LogP contribution < -0.4 is 14.9 Å². The Hall–Kier alpha value is -4.10. The van der Waals surface area contributed by atoms with Crippen molar-refractivity contribution in [3.63, 3.8) is 0 Å². The van der Waals surface area contributed by atoms with Crippen molar-refractivity contribution in [1.82, 2.24) is 9.88 Å². The van der Waals surface area contributed by atoms with Gasteiger partial charge in [-0.15, -0.1) is 0 Å². The van der Waals surface area contributed by atoms with Crippen LogP contribution in [0.5, 0.6) is 17.2 Å². The Bertz CT molecular complexity index is 1380. The number of esters is 1. The molecule has 4 rings (SSSR count). The van der Waals surface area contributed by atoms with Gasteiger partial charge in [-0.2, -0.15) is 0 Å². The van der Waals surface area contributed by atoms with Gasteiger partial charge in [0.1, 0.15) is 22.8 Å². The maximum absolute atomic E-state index is 13.5. The smallest absolute Gasteiger partial charge is 0.344 e. The average Bonchev–Trinajstić information content (AvgIpc) is 2.86. The van der Waals surface area contributed by atoms with Crippen LogP contribution in [0, 0.1) is 0 Å². The van der Waals surface area contributed by atoms with E-state index < -0.39 is 11.4 Å². The average molecular weight is 473 g/mol. The number of H-pyrrole nitrogens is 1. The van der Waals surface area contributed by atoms with Gasteiger partial charge in [0.2, 0.25) is 5.43 Å². The Morgan fingerprint density at radius 3 is 2.43 bits per heavy atom. The predicted molar refractivity (Wildman–Crippen MR) is 137 cm³/mol. The highest BCUT2D eigenvalue weighted by Gasteiger charge is 2.22. The number of fused-ring (bicyclic) bond motifs is 1. The molecule has 0 fully saturated rings. The van der Waals surface area contributed by atoms with Crippen molar-refractivity contribution in [2.75, 3.05) is 34.4 Å². The fourth-order valence-electron chi connectivity index (χ4n) is 3.77. The van der Waals surface area contributed by atoms with Crippen molar-refractivity contribution < 1.29 is 19.0 Å². The van der Waals surface area contributed by atoms with E-state index in [1.807, 2.05) is 67.5 Å². The van der Waals surface area contributed by atoms with Crippen LogP contribution in [0.15, 0.2) is 77.6 Å². The minimum atomic E-state index is -0.660. The molecule has 0 aliphatic rings. The molecule has 1 heterocycles. The van der Waals surface area contributed by atoms with Gasteiger partial charge in [0, 0.05) is 23.6 Å². The summed E-state index contributed by atoms with van der Waals surface area (Å²) in [5.41, 5.74) is 1.11. The topological polar surface area (TPSA) is 80.9 Å². The quantitative estimate of drug-likeness (QED) is 0.270. The lowest BCUT2D eigenvalue weighted by atomic mass is 10.0. The van der Waals surface area contributed by atoms with Gasteiger partial charge in [-0.05, 0) is 56.9 Å². The largest absolute Gasteiger partial charge is 0.497 e. The number of hydrogen-bond acceptors (Lipinski definition) is 6. The Kier molecular flexibility index (Phi) is 7.48. The number of methoxy groups -OCH3 is 1. The normalized spacial score (nSPS) is 11.0. The highest BCUT2D eigenvalue weighted by molar-refractivity contribution is 6.00. The molecule has 0 radical (unpaired) electrons. The monoisotopic (exact) mass is 472 g/mol. The van der Waals surface area contributed by atoms with Crippen molar-refractivity contribution in [3.8, 4) is 28.5 Å². The maximum Gasteiger partial charge on any atom is 0.344 e. The van der Waals surface area contributed by atoms with E-state index in [1.165, 1.54) is 0 Å². The zero-order chi connectivity index (χ0) is 24.8. The number of carbonyl (C=O) groups is 1. The number of aromatic amines is 1. The summed E-state index contributed by atoms with van der Waals surface area (Å²) in [6, 6.07) is 21.7. The number of aromatic nitrogens is 1. The third kappa shape index (κ3) is 5.70. The summed E-state index contributed by atoms with van der Waals surface area (Å²) in [5.74, 6) is 1.19. The number of rotatable bonds is 9. The molecule has 0 atom stereocenters. The Labute approximate surface area is 203 Å². The van der Waals surface area contributed by atoms with E-state index >= 15 is 0 Å². The number of para-hydroxylation sites is 1. The van der Waals surface area contributed by atoms with Gasteiger partial charge in [-0.1, -0.05) is 30.3 Å². The molecule has 180 valence electrons. The Morgan fingerprint density at radius 2 is 1.69 bits per heavy atom. The summed E-state index contributed by atoms with van der Waals surface area (Å²) < 4.78 is 16.8. The maximum atomic E-state index is 13.5. The zero-order valence-corrected chi connectivity index (χ0v) is 20.0. The van der Waals surface area contributed by atoms with E-state index in [-0.39, 0.29) is 12.2 Å². The van der Waals surface area contributed by atoms with Gasteiger partial charge in [0.25, 0.3) is 0 Å². The first-order valence-electron chi connectivity index (χ1n) is 11.4. The van der Waals surface area contributed by atoms with Crippen LogP contribution in [-0.2, 0) is 4.74 Å². The summed E-state index contributed by atoms with van der Waals surface area (Å²) in [6.45, 7) is 0.987. The van der Waals surface area contributed by atoms with Gasteiger partial charge >= 0.3 is 5.97 Å². The number of hydrogen-bond donors (Lipinski definition) is 1. The van der Waals surface area contributed by atoms with Crippen molar-refractivity contribution in [2.24, 2.45) is 0 Å². The molecule has 0 spiro atoms. The highest BCUT2D eigenvalue weighted by Crippen LogP contribution is 2.29. The number of nitrogens with one attached hydrogen (secondary N) is 1. The molecule has 0 unspecified atom stereocenters. The molecule has 3 aromatic carbocycles. The molecular weight excluding hydrogens is 444 g/mol. The van der Waals surface area contributed by atoms with Crippen LogP contribution in [0.2, 0.25) is 0 Å². The first-order chi connectivity index (χ1) is 17.0. The van der Waals surface area contributed by atoms with Crippen LogP contribution in [0.3, 0.4) is 0 Å². The summed E-state index contributed by atoms with van der Waals surface area (Å²) in [5, 5.41) is 0.381. The van der Waals surface area contributed by atoms with Crippen molar-refractivity contribution in [2.45, 2.75) is 6.42 Å². The van der Waals surface area contributed by atoms with Crippen LogP contribution in [0.25, 0.3) is 22.2 Å². The van der Waals surface area contributed by atoms with Crippen LogP contribution in [0.1, 0.15) is 16.8 Å². The Morgan fingerprint density at radius 1 is 0.914 bits per heavy atom. The summed E-state index contributed by atoms with van der Waals surface area (Å²) >= 11 is 0. The second-order valence-corrected chi connectivity index (χ2v) is 8.35. The standard InChI is InChI=1S/C28H28N2O5/c1-30(2)15-8-16-34-28(32)25-26(29-24-18-21(33-3)13-14-23(24)27(25)31)19-9-7-12-22(17-19)35-20-10-5-4-6-11-20/h4-7,9-14,17-18H,8,15-16H2,1-3H3,(H,29,31). The lowest BCUT2D eigenvalue weighted by Gasteiger charge is -2.14. The zero-order valence-electron chi connectivity index (χ0n) is 20.0. The van der Waals surface area contributed by atoms with E-state index in [4.69, 9.17) is 14.2 Å². The fourth-order valence-corrected chi connectivity index (χ4v) is 3.77. The lowest BCUT2D eigenvalue weighted by Crippen LogP contribution is -2.22. The van der Waals surface area contributed by atoms with E-state index in [0.717, 1.165) is 6.54 Å². The number of carbonyl (C=O) groups excluding carboxylic acids is 1. The molecule has 7 nitrogen and oxygen atoms in total. The first kappa shape index (κ1) is 24.0. The second-order valence-electron chi connectivity index (χ2n) is 8.35. The predicted octanol–water partition coefficient (Wildman–Crippen LogP) is 5.10. The SMILES string of the molecule is COc1ccc2c(=O)c(C(=O)OCCCN(C)C)c(-c3cccc(Oc4ccccc4)c3)[nH]c2c1. The number of benzene rings is 3. The molecule has 1 aromatic heterocycles. The van der Waals surface area contributed by atoms with Crippen LogP contribution in [-0.4, -0.2) is 50.2 Å². The highest BCUT2D eigenvalue weighted by atomic mass is 16.5. The van der Waals surface area contributed by atoms with Gasteiger partial charge in [-0.3, -0.25) is 4.79 Å². The first-order valence-corrected chi connectivity index (χ1v) is 11.4. The summed E-state index contributed by atoms with van der Waals surface area (Å²) in [7, 11) is 5.46. The van der Waals surface area contributed by atoms with Crippen molar-refractivity contribution in [1.29, 1.82) is 0 Å². The number of nitrogens with zero attached hydrogens (tertiary/aromatic N) is 1. The fraction of sp³-hybridized carbons (Fsp3) is 0.214. The third-order valence-corrected chi connectivity index (χ3v) is 5.50. The molecule has 35 heavy (non-hydrogen) atoms. The summed E-state index contributed by atoms with van der Waals surface area (Å²) in [4.78, 5) is 31.9. The number of ether oxygens (including phenoxy) is 3. The molecule has 4 aromatic rings. The molecule has 0 aliphatic carbocycles. The van der Waals surface area contributed by atoms with E-state index in [2.05, 4.69) is 4.98 Å². The molecule has 0 amide bonds. The molecule has 0 aliphatic heterocycles. The van der Waals surface area contributed by atoms with Gasteiger partial charge in [-0.25, -0.2) is 4.79 Å². The van der Waals surface area contributed by atoms with E-state index in [9.17, 15) is 9.59 Å². The molecular formula is C28H28N2O5. The minimum Gasteiger partial charge on any atom is -0.497 e. The van der Waals surface area contributed by atoms with Gasteiger partial charge in [0.15, 0.2) is 0 Å². The lowest BCUT2D eigenvalue weighted by molar-refractivity contribution is 0.0492. The molecule has 0 saturated carbocycles. The molecule has 1 N–H and O–H groups in total. The van der Waals surface area contributed by atoms with Crippen molar-refractivity contribution >= 4 is 16.9 Å². The van der Waals surface area contributed by atoms with Crippen molar-refractivity contribution in [3.05, 3.63) is 88.6 Å². The summed E-state index contributed by atoms with van der Waals surface area (Å²) in [6.07, 6.45) is 0.664. The molecule has 0 saturated heterocycles. The molecule has 0 bridgehead atoms. The van der Waals surface area contributed by atoms with Gasteiger partial charge < -0.3 is 24.1 Å².